The molecule has 0 aliphatic carbocycles. The van der Waals surface area contributed by atoms with Gasteiger partial charge in [0.15, 0.2) is 0 Å². The van der Waals surface area contributed by atoms with E-state index in [2.05, 4.69) is 0 Å². The Morgan fingerprint density at radius 2 is 1.62 bits per heavy atom. The Balaban J connectivity index is 3.18. The van der Waals surface area contributed by atoms with Crippen molar-refractivity contribution in [2.45, 2.75) is 12.2 Å². The first-order valence-corrected chi connectivity index (χ1v) is 6.24. The average Bonchev–Trinajstić information content (AvgIpc) is 2.16. The monoisotopic (exact) mass is 248 g/mol. The van der Waals surface area contributed by atoms with E-state index in [-0.39, 0.29) is 5.56 Å². The molecule has 88 valence electrons. The molecule has 0 amide bonds. The number of carbonyl (C=O) groups is 1. The zero-order valence-electron chi connectivity index (χ0n) is 8.70. The lowest BCUT2D eigenvalue weighted by Crippen LogP contribution is -2.37. The van der Waals surface area contributed by atoms with Crippen LogP contribution in [-0.2, 0) is 9.84 Å². The second-order valence-corrected chi connectivity index (χ2v) is 5.54. The number of rotatable bonds is 3. The molecule has 0 aliphatic heterocycles. The number of alkyl halides is 2. The van der Waals surface area contributed by atoms with Gasteiger partial charge in [-0.15, -0.1) is 0 Å². The Bertz CT molecular complexity index is 503. The van der Waals surface area contributed by atoms with E-state index in [1.54, 1.807) is 6.92 Å². The number of hydrogen-bond acceptors (Lipinski definition) is 3. The number of Topliss-reactive ketones (excluding diaryl/α,β-unsaturated/α-hetero) is 1. The van der Waals surface area contributed by atoms with Crippen LogP contribution in [0.1, 0.15) is 15.9 Å². The second-order valence-electron chi connectivity index (χ2n) is 3.48. The van der Waals surface area contributed by atoms with E-state index in [1.165, 1.54) is 24.3 Å². The van der Waals surface area contributed by atoms with Crippen molar-refractivity contribution in [1.29, 1.82) is 0 Å². The summed E-state index contributed by atoms with van der Waals surface area (Å²) in [5, 5.41) is -4.37. The summed E-state index contributed by atoms with van der Waals surface area (Å²) in [6.45, 7) is 1.73. The van der Waals surface area contributed by atoms with Gasteiger partial charge in [-0.3, -0.25) is 4.79 Å². The maximum absolute atomic E-state index is 13.2. The first-order chi connectivity index (χ1) is 7.16. The van der Waals surface area contributed by atoms with Crippen molar-refractivity contribution in [2.75, 3.05) is 6.26 Å². The Morgan fingerprint density at radius 1 is 1.19 bits per heavy atom. The summed E-state index contributed by atoms with van der Waals surface area (Å²) in [5.74, 6) is -1.70. The van der Waals surface area contributed by atoms with Crippen molar-refractivity contribution in [1.82, 2.24) is 0 Å². The van der Waals surface area contributed by atoms with Crippen molar-refractivity contribution in [3.63, 3.8) is 0 Å². The van der Waals surface area contributed by atoms with Gasteiger partial charge in [-0.1, -0.05) is 29.8 Å². The van der Waals surface area contributed by atoms with E-state index < -0.39 is 20.9 Å². The van der Waals surface area contributed by atoms with Gasteiger partial charge in [-0.25, -0.2) is 8.42 Å². The van der Waals surface area contributed by atoms with E-state index >= 15 is 0 Å². The minimum atomic E-state index is -4.74. The van der Waals surface area contributed by atoms with Gasteiger partial charge in [0.05, 0.1) is 0 Å². The topological polar surface area (TPSA) is 51.2 Å². The summed E-state index contributed by atoms with van der Waals surface area (Å²) in [6.07, 6.45) is 0.332. The molecular formula is C10H10F2O3S. The maximum Gasteiger partial charge on any atom is 0.406 e. The molecule has 0 fully saturated rings. The Labute approximate surface area is 92.0 Å². The van der Waals surface area contributed by atoms with Crippen LogP contribution in [-0.4, -0.2) is 25.7 Å². The molecule has 0 N–H and O–H groups in total. The van der Waals surface area contributed by atoms with Gasteiger partial charge in [0.1, 0.15) is 0 Å². The van der Waals surface area contributed by atoms with Gasteiger partial charge in [-0.2, -0.15) is 8.78 Å². The predicted molar refractivity (Wildman–Crippen MR) is 55.3 cm³/mol. The molecule has 1 aromatic carbocycles. The molecule has 6 heteroatoms. The van der Waals surface area contributed by atoms with Crippen molar-refractivity contribution in [3.05, 3.63) is 35.4 Å². The zero-order chi connectivity index (χ0) is 12.6. The van der Waals surface area contributed by atoms with Gasteiger partial charge >= 0.3 is 5.25 Å². The minimum absolute atomic E-state index is 0.318. The second kappa shape index (κ2) is 3.93. The van der Waals surface area contributed by atoms with Crippen LogP contribution >= 0.6 is 0 Å². The summed E-state index contributed by atoms with van der Waals surface area (Å²) in [6, 6.07) is 5.28. The molecule has 0 atom stereocenters. The Hall–Kier alpha value is -1.30. The highest BCUT2D eigenvalue weighted by molar-refractivity contribution is 7.92. The summed E-state index contributed by atoms with van der Waals surface area (Å²) in [5.41, 5.74) is 0.472. The van der Waals surface area contributed by atoms with Crippen molar-refractivity contribution in [3.8, 4) is 0 Å². The molecule has 0 heterocycles. The van der Waals surface area contributed by atoms with Crippen LogP contribution in [0.4, 0.5) is 8.78 Å². The summed E-state index contributed by atoms with van der Waals surface area (Å²) in [7, 11) is -4.74. The number of benzene rings is 1. The standard InChI is InChI=1S/C10H10F2O3S/c1-7-3-5-8(6-4-7)9(13)10(11,12)16(2,14)15/h3-6H,1-2H3. The minimum Gasteiger partial charge on any atom is -0.286 e. The summed E-state index contributed by atoms with van der Waals surface area (Å²) < 4.78 is 47.9. The molecule has 0 saturated carbocycles. The van der Waals surface area contributed by atoms with Gasteiger partial charge in [0.2, 0.25) is 15.6 Å². The van der Waals surface area contributed by atoms with Crippen LogP contribution in [0.5, 0.6) is 0 Å². The SMILES string of the molecule is Cc1ccc(C(=O)C(F)(F)S(C)(=O)=O)cc1. The van der Waals surface area contributed by atoms with Gasteiger partial charge in [0.25, 0.3) is 0 Å². The number of aryl methyl sites for hydroxylation is 1. The smallest absolute Gasteiger partial charge is 0.286 e. The van der Waals surface area contributed by atoms with Crippen molar-refractivity contribution in [2.24, 2.45) is 0 Å². The average molecular weight is 248 g/mol. The highest BCUT2D eigenvalue weighted by atomic mass is 32.2. The fourth-order valence-electron chi connectivity index (χ4n) is 1.04. The predicted octanol–water partition coefficient (Wildman–Crippen LogP) is 1.82. The Kier molecular flexibility index (Phi) is 3.14. The summed E-state index contributed by atoms with van der Waals surface area (Å²) in [4.78, 5) is 11.3. The lowest BCUT2D eigenvalue weighted by atomic mass is 10.1. The number of ketones is 1. The maximum atomic E-state index is 13.2. The van der Waals surface area contributed by atoms with Gasteiger partial charge in [0, 0.05) is 11.8 Å². The number of carbonyl (C=O) groups excluding carboxylic acids is 1. The van der Waals surface area contributed by atoms with Crippen LogP contribution in [0.15, 0.2) is 24.3 Å². The highest BCUT2D eigenvalue weighted by Crippen LogP contribution is 2.25. The third kappa shape index (κ3) is 2.27. The number of halogens is 2. The molecule has 0 radical (unpaired) electrons. The first kappa shape index (κ1) is 12.8. The zero-order valence-corrected chi connectivity index (χ0v) is 9.51. The van der Waals surface area contributed by atoms with Crippen LogP contribution in [0.3, 0.4) is 0 Å². The van der Waals surface area contributed by atoms with E-state index in [4.69, 9.17) is 0 Å². The molecule has 3 nitrogen and oxygen atoms in total. The third-order valence-electron chi connectivity index (χ3n) is 2.04. The van der Waals surface area contributed by atoms with Crippen molar-refractivity contribution >= 4 is 15.6 Å². The van der Waals surface area contributed by atoms with Crippen LogP contribution in [0.25, 0.3) is 0 Å². The first-order valence-electron chi connectivity index (χ1n) is 4.35. The van der Waals surface area contributed by atoms with Crippen LogP contribution < -0.4 is 0 Å². The molecule has 0 saturated heterocycles. The highest BCUT2D eigenvalue weighted by Gasteiger charge is 2.49. The molecule has 1 aromatic rings. The quantitative estimate of drug-likeness (QED) is 0.766. The van der Waals surface area contributed by atoms with Crippen molar-refractivity contribution < 1.29 is 22.0 Å². The third-order valence-corrected chi connectivity index (χ3v) is 3.16. The molecule has 0 aliphatic rings. The Morgan fingerprint density at radius 3 is 2.00 bits per heavy atom. The van der Waals surface area contributed by atoms with E-state index in [0.29, 0.717) is 6.26 Å². The van der Waals surface area contributed by atoms with Crippen LogP contribution in [0, 0.1) is 6.92 Å². The molecule has 0 bridgehead atoms. The van der Waals surface area contributed by atoms with E-state index in [9.17, 15) is 22.0 Å². The van der Waals surface area contributed by atoms with E-state index in [1.807, 2.05) is 0 Å². The molecule has 1 rings (SSSR count). The number of sulfone groups is 1. The molecular weight excluding hydrogens is 238 g/mol. The fourth-order valence-corrected chi connectivity index (χ4v) is 1.50. The normalized spacial score (nSPS) is 12.5. The van der Waals surface area contributed by atoms with Crippen LogP contribution in [0.2, 0.25) is 0 Å². The molecule has 16 heavy (non-hydrogen) atoms. The molecule has 0 aromatic heterocycles. The summed E-state index contributed by atoms with van der Waals surface area (Å²) >= 11 is 0. The number of hydrogen-bond donors (Lipinski definition) is 0. The lowest BCUT2D eigenvalue weighted by molar-refractivity contribution is 0.0529. The van der Waals surface area contributed by atoms with Gasteiger partial charge < -0.3 is 0 Å². The molecule has 0 spiro atoms. The van der Waals surface area contributed by atoms with Gasteiger partial charge in [-0.05, 0) is 6.92 Å². The largest absolute Gasteiger partial charge is 0.406 e. The lowest BCUT2D eigenvalue weighted by Gasteiger charge is -2.12. The fraction of sp³-hybridized carbons (Fsp3) is 0.300. The molecule has 0 unspecified atom stereocenters. The van der Waals surface area contributed by atoms with E-state index in [0.717, 1.165) is 5.56 Å².